The molecule has 2 rings (SSSR count). The fraction of sp³-hybridized carbons (Fsp3) is 0.357. The number of hydrogen-bond acceptors (Lipinski definition) is 3. The maximum atomic E-state index is 5.20. The van der Waals surface area contributed by atoms with Gasteiger partial charge in [0, 0.05) is 25.0 Å². The number of methoxy groups -OCH3 is 1. The highest BCUT2D eigenvalue weighted by molar-refractivity contribution is 5.28. The van der Waals surface area contributed by atoms with Gasteiger partial charge in [-0.1, -0.05) is 12.1 Å². The molecule has 18 heavy (non-hydrogen) atoms. The Labute approximate surface area is 108 Å². The van der Waals surface area contributed by atoms with Crippen LogP contribution in [0.4, 0.5) is 0 Å². The number of ether oxygens (including phenoxy) is 1. The molecule has 1 N–H and O–H groups in total. The van der Waals surface area contributed by atoms with E-state index in [-0.39, 0.29) is 0 Å². The largest absolute Gasteiger partial charge is 0.497 e. The van der Waals surface area contributed by atoms with Gasteiger partial charge in [0.2, 0.25) is 0 Å². The normalized spacial score (nSPS) is 12.3. The van der Waals surface area contributed by atoms with E-state index >= 15 is 0 Å². The molecule has 1 unspecified atom stereocenters. The van der Waals surface area contributed by atoms with Crippen molar-refractivity contribution in [1.29, 1.82) is 0 Å². The quantitative estimate of drug-likeness (QED) is 0.846. The van der Waals surface area contributed by atoms with Gasteiger partial charge in [0.1, 0.15) is 5.75 Å². The second-order valence-corrected chi connectivity index (χ2v) is 4.36. The van der Waals surface area contributed by atoms with Gasteiger partial charge >= 0.3 is 0 Å². The van der Waals surface area contributed by atoms with E-state index in [4.69, 9.17) is 4.74 Å². The summed E-state index contributed by atoms with van der Waals surface area (Å²) in [6.07, 6.45) is 3.78. The summed E-state index contributed by atoms with van der Waals surface area (Å²) in [6, 6.07) is 10.4. The summed E-state index contributed by atoms with van der Waals surface area (Å²) in [5.74, 6) is 0.897. The predicted octanol–water partition coefficient (Wildman–Crippen LogP) is 2.07. The third-order valence-corrected chi connectivity index (χ3v) is 2.81. The highest BCUT2D eigenvalue weighted by atomic mass is 16.5. The van der Waals surface area contributed by atoms with Crippen LogP contribution in [0.5, 0.6) is 5.75 Å². The van der Waals surface area contributed by atoms with Crippen LogP contribution in [0.15, 0.2) is 42.7 Å². The molecule has 0 aliphatic rings. The zero-order valence-electron chi connectivity index (χ0n) is 10.8. The van der Waals surface area contributed by atoms with Crippen molar-refractivity contribution in [2.45, 2.75) is 26.1 Å². The minimum Gasteiger partial charge on any atom is -0.497 e. The molecular formula is C14H19N3O. The first-order valence-corrected chi connectivity index (χ1v) is 6.11. The lowest BCUT2D eigenvalue weighted by Gasteiger charge is -2.14. The van der Waals surface area contributed by atoms with Gasteiger partial charge in [-0.3, -0.25) is 4.68 Å². The average molecular weight is 245 g/mol. The Bertz CT molecular complexity index is 468. The zero-order chi connectivity index (χ0) is 12.8. The van der Waals surface area contributed by atoms with Crippen LogP contribution >= 0.6 is 0 Å². The van der Waals surface area contributed by atoms with Crippen LogP contribution in [0.2, 0.25) is 0 Å². The molecule has 1 heterocycles. The summed E-state index contributed by atoms with van der Waals surface area (Å²) in [6.45, 7) is 3.86. The summed E-state index contributed by atoms with van der Waals surface area (Å²) in [4.78, 5) is 0. The van der Waals surface area contributed by atoms with Crippen molar-refractivity contribution in [2.75, 3.05) is 7.11 Å². The molecule has 0 aliphatic heterocycles. The summed E-state index contributed by atoms with van der Waals surface area (Å²) in [7, 11) is 1.69. The number of aromatic nitrogens is 2. The number of nitrogens with one attached hydrogen (secondary N) is 1. The highest BCUT2D eigenvalue weighted by Crippen LogP contribution is 2.12. The standard InChI is InChI=1S/C14H19N3O/c1-12(11-17-8-4-7-16-17)15-10-13-5-3-6-14(9-13)18-2/h3-9,12,15H,10-11H2,1-2H3. The van der Waals surface area contributed by atoms with Crippen LogP contribution in [-0.4, -0.2) is 22.9 Å². The Morgan fingerprint density at radius 3 is 3.00 bits per heavy atom. The molecule has 0 radical (unpaired) electrons. The Morgan fingerprint density at radius 1 is 1.39 bits per heavy atom. The van der Waals surface area contributed by atoms with Crippen LogP contribution in [0.3, 0.4) is 0 Å². The van der Waals surface area contributed by atoms with Crippen molar-refractivity contribution in [2.24, 2.45) is 0 Å². The fourth-order valence-corrected chi connectivity index (χ4v) is 1.83. The van der Waals surface area contributed by atoms with Gasteiger partial charge in [-0.15, -0.1) is 0 Å². The van der Waals surface area contributed by atoms with E-state index in [2.05, 4.69) is 23.4 Å². The van der Waals surface area contributed by atoms with Gasteiger partial charge in [-0.05, 0) is 30.7 Å². The Hall–Kier alpha value is -1.81. The van der Waals surface area contributed by atoms with Crippen LogP contribution < -0.4 is 10.1 Å². The molecular weight excluding hydrogens is 226 g/mol. The molecule has 1 aromatic heterocycles. The lowest BCUT2D eigenvalue weighted by atomic mass is 10.2. The van der Waals surface area contributed by atoms with E-state index < -0.39 is 0 Å². The molecule has 0 bridgehead atoms. The van der Waals surface area contributed by atoms with Crippen molar-refractivity contribution >= 4 is 0 Å². The van der Waals surface area contributed by atoms with Gasteiger partial charge in [-0.2, -0.15) is 5.10 Å². The topological polar surface area (TPSA) is 39.1 Å². The maximum Gasteiger partial charge on any atom is 0.119 e. The molecule has 2 aromatic rings. The summed E-state index contributed by atoms with van der Waals surface area (Å²) in [5.41, 5.74) is 1.22. The predicted molar refractivity (Wildman–Crippen MR) is 71.5 cm³/mol. The van der Waals surface area contributed by atoms with Crippen molar-refractivity contribution in [3.8, 4) is 5.75 Å². The monoisotopic (exact) mass is 245 g/mol. The molecule has 0 saturated carbocycles. The highest BCUT2D eigenvalue weighted by Gasteiger charge is 2.03. The van der Waals surface area contributed by atoms with Crippen molar-refractivity contribution in [1.82, 2.24) is 15.1 Å². The second-order valence-electron chi connectivity index (χ2n) is 4.36. The number of nitrogens with zero attached hydrogens (tertiary/aromatic N) is 2. The molecule has 1 aromatic carbocycles. The third-order valence-electron chi connectivity index (χ3n) is 2.81. The molecule has 0 saturated heterocycles. The molecule has 0 spiro atoms. The summed E-state index contributed by atoms with van der Waals surface area (Å²) in [5, 5.41) is 7.67. The van der Waals surface area contributed by atoms with Crippen LogP contribution in [0, 0.1) is 0 Å². The van der Waals surface area contributed by atoms with E-state index in [1.54, 1.807) is 13.3 Å². The van der Waals surface area contributed by atoms with Gasteiger partial charge in [0.25, 0.3) is 0 Å². The molecule has 0 fully saturated rings. The third kappa shape index (κ3) is 3.60. The first kappa shape index (κ1) is 12.6. The van der Waals surface area contributed by atoms with Crippen molar-refractivity contribution < 1.29 is 4.74 Å². The van der Waals surface area contributed by atoms with Crippen LogP contribution in [0.25, 0.3) is 0 Å². The summed E-state index contributed by atoms with van der Waals surface area (Å²) < 4.78 is 7.14. The maximum absolute atomic E-state index is 5.20. The molecule has 0 amide bonds. The minimum absolute atomic E-state index is 0.371. The Balaban J connectivity index is 1.83. The number of rotatable bonds is 6. The van der Waals surface area contributed by atoms with E-state index in [0.717, 1.165) is 18.8 Å². The Kier molecular flexibility index (Phi) is 4.36. The molecule has 4 heteroatoms. The van der Waals surface area contributed by atoms with E-state index in [0.29, 0.717) is 6.04 Å². The van der Waals surface area contributed by atoms with Gasteiger partial charge in [-0.25, -0.2) is 0 Å². The number of benzene rings is 1. The molecule has 0 aliphatic carbocycles. The lowest BCUT2D eigenvalue weighted by molar-refractivity contribution is 0.413. The molecule has 1 atom stereocenters. The van der Waals surface area contributed by atoms with E-state index in [9.17, 15) is 0 Å². The van der Waals surface area contributed by atoms with Crippen molar-refractivity contribution in [3.05, 3.63) is 48.3 Å². The fourth-order valence-electron chi connectivity index (χ4n) is 1.83. The van der Waals surface area contributed by atoms with Crippen molar-refractivity contribution in [3.63, 3.8) is 0 Å². The minimum atomic E-state index is 0.371. The second kappa shape index (κ2) is 6.21. The van der Waals surface area contributed by atoms with Gasteiger partial charge < -0.3 is 10.1 Å². The molecule has 96 valence electrons. The number of hydrogen-bond donors (Lipinski definition) is 1. The lowest BCUT2D eigenvalue weighted by Crippen LogP contribution is -2.30. The first-order chi connectivity index (χ1) is 8.78. The van der Waals surface area contributed by atoms with E-state index in [1.165, 1.54) is 5.56 Å². The zero-order valence-corrected chi connectivity index (χ0v) is 10.8. The molecule has 4 nitrogen and oxygen atoms in total. The summed E-state index contributed by atoms with van der Waals surface area (Å²) >= 11 is 0. The van der Waals surface area contributed by atoms with Gasteiger partial charge in [0.15, 0.2) is 0 Å². The van der Waals surface area contributed by atoms with Gasteiger partial charge in [0.05, 0.1) is 13.7 Å². The smallest absolute Gasteiger partial charge is 0.119 e. The van der Waals surface area contributed by atoms with E-state index in [1.807, 2.05) is 35.1 Å². The SMILES string of the molecule is COc1cccc(CNC(C)Cn2cccn2)c1. The average Bonchev–Trinajstić information content (AvgIpc) is 2.89. The first-order valence-electron chi connectivity index (χ1n) is 6.11. The Morgan fingerprint density at radius 2 is 2.28 bits per heavy atom. The van der Waals surface area contributed by atoms with Crippen LogP contribution in [0.1, 0.15) is 12.5 Å². The van der Waals surface area contributed by atoms with Crippen LogP contribution in [-0.2, 0) is 13.1 Å².